The molecule has 22 heavy (non-hydrogen) atoms. The number of nitrogens with zero attached hydrogens (tertiary/aromatic N) is 1. The zero-order valence-corrected chi connectivity index (χ0v) is 12.8. The Morgan fingerprint density at radius 2 is 1.45 bits per heavy atom. The van der Waals surface area contributed by atoms with E-state index < -0.39 is 0 Å². The largest absolute Gasteiger partial charge is 0.316 e. The van der Waals surface area contributed by atoms with Crippen molar-refractivity contribution in [2.24, 2.45) is 11.8 Å². The molecule has 2 aromatic carbocycles. The van der Waals surface area contributed by atoms with Gasteiger partial charge in [0, 0.05) is 6.54 Å². The third-order valence-corrected chi connectivity index (χ3v) is 5.90. The lowest BCUT2D eigenvalue weighted by atomic mass is 9.87. The molecule has 0 saturated carbocycles. The lowest BCUT2D eigenvalue weighted by Crippen LogP contribution is -2.41. The van der Waals surface area contributed by atoms with E-state index in [1.54, 1.807) is 0 Å². The smallest absolute Gasteiger partial charge is 0.0614 e. The number of benzene rings is 2. The van der Waals surface area contributed by atoms with Crippen molar-refractivity contribution in [3.05, 3.63) is 59.7 Å². The molecule has 2 nitrogen and oxygen atoms in total. The van der Waals surface area contributed by atoms with Gasteiger partial charge in [-0.15, -0.1) is 0 Å². The van der Waals surface area contributed by atoms with Crippen molar-refractivity contribution >= 4 is 0 Å². The highest BCUT2D eigenvalue weighted by Crippen LogP contribution is 2.47. The minimum atomic E-state index is 0.467. The van der Waals surface area contributed by atoms with E-state index >= 15 is 0 Å². The first-order chi connectivity index (χ1) is 10.9. The third-order valence-electron chi connectivity index (χ3n) is 5.90. The molecule has 5 rings (SSSR count). The molecule has 2 heterocycles. The fourth-order valence-corrected chi connectivity index (χ4v) is 4.82. The van der Waals surface area contributed by atoms with E-state index in [9.17, 15) is 0 Å². The summed E-state index contributed by atoms with van der Waals surface area (Å²) in [6.07, 6.45) is 1.35. The zero-order chi connectivity index (χ0) is 14.5. The molecule has 3 aliphatic rings. The van der Waals surface area contributed by atoms with E-state index in [1.165, 1.54) is 54.9 Å². The van der Waals surface area contributed by atoms with Crippen molar-refractivity contribution in [2.45, 2.75) is 12.5 Å². The quantitative estimate of drug-likeness (QED) is 0.867. The summed E-state index contributed by atoms with van der Waals surface area (Å²) in [5, 5.41) is 3.59. The van der Waals surface area contributed by atoms with Crippen LogP contribution in [-0.4, -0.2) is 31.1 Å². The van der Waals surface area contributed by atoms with Gasteiger partial charge in [-0.3, -0.25) is 4.90 Å². The molecule has 0 amide bonds. The van der Waals surface area contributed by atoms with Crippen molar-refractivity contribution in [3.63, 3.8) is 0 Å². The van der Waals surface area contributed by atoms with Crippen molar-refractivity contribution in [1.82, 2.24) is 10.2 Å². The highest BCUT2D eigenvalue weighted by molar-refractivity contribution is 5.78. The lowest BCUT2D eigenvalue weighted by molar-refractivity contribution is 0.121. The van der Waals surface area contributed by atoms with Crippen LogP contribution in [-0.2, 0) is 0 Å². The molecule has 2 atom stereocenters. The first kappa shape index (κ1) is 12.9. The van der Waals surface area contributed by atoms with Gasteiger partial charge in [0.2, 0.25) is 0 Å². The summed E-state index contributed by atoms with van der Waals surface area (Å²) < 4.78 is 0. The number of nitrogens with one attached hydrogen (secondary N) is 1. The third kappa shape index (κ3) is 1.81. The Labute approximate surface area is 132 Å². The van der Waals surface area contributed by atoms with Crippen LogP contribution < -0.4 is 5.32 Å². The van der Waals surface area contributed by atoms with E-state index in [2.05, 4.69) is 58.7 Å². The zero-order valence-electron chi connectivity index (χ0n) is 12.8. The first-order valence-corrected chi connectivity index (χ1v) is 8.55. The second-order valence-electron chi connectivity index (χ2n) is 7.04. The molecule has 0 bridgehead atoms. The Hall–Kier alpha value is -1.64. The minimum Gasteiger partial charge on any atom is -0.316 e. The Balaban J connectivity index is 1.57. The van der Waals surface area contributed by atoms with E-state index in [4.69, 9.17) is 0 Å². The number of hydrogen-bond acceptors (Lipinski definition) is 2. The second-order valence-corrected chi connectivity index (χ2v) is 7.04. The maximum atomic E-state index is 3.59. The van der Waals surface area contributed by atoms with Crippen LogP contribution >= 0.6 is 0 Å². The molecule has 2 unspecified atom stereocenters. The first-order valence-electron chi connectivity index (χ1n) is 8.55. The summed E-state index contributed by atoms with van der Waals surface area (Å²) in [7, 11) is 0. The predicted octanol–water partition coefficient (Wildman–Crippen LogP) is 3.30. The standard InChI is InChI=1S/C20H22N2/c1-3-7-18-16(5-1)17-6-2-4-8-19(17)20(18)22-10-9-14-11-21-12-15(14)13-22/h1-8,14-15,20-21H,9-13H2. The number of rotatable bonds is 1. The summed E-state index contributed by atoms with van der Waals surface area (Å²) in [6, 6.07) is 18.4. The Bertz CT molecular complexity index is 663. The Morgan fingerprint density at radius 1 is 0.818 bits per heavy atom. The minimum absolute atomic E-state index is 0.467. The summed E-state index contributed by atoms with van der Waals surface area (Å²) in [4.78, 5) is 2.73. The molecule has 1 N–H and O–H groups in total. The van der Waals surface area contributed by atoms with Gasteiger partial charge in [0.1, 0.15) is 0 Å². The fraction of sp³-hybridized carbons (Fsp3) is 0.400. The van der Waals surface area contributed by atoms with Gasteiger partial charge in [0.05, 0.1) is 6.04 Å². The van der Waals surface area contributed by atoms with E-state index in [0.29, 0.717) is 6.04 Å². The number of piperidine rings is 1. The molecule has 2 saturated heterocycles. The van der Waals surface area contributed by atoms with Crippen LogP contribution in [0.3, 0.4) is 0 Å². The molecular weight excluding hydrogens is 268 g/mol. The van der Waals surface area contributed by atoms with Gasteiger partial charge in [-0.1, -0.05) is 48.5 Å². The summed E-state index contributed by atoms with van der Waals surface area (Å²) in [5.74, 6) is 1.75. The maximum absolute atomic E-state index is 3.59. The van der Waals surface area contributed by atoms with E-state index in [1.807, 2.05) is 0 Å². The van der Waals surface area contributed by atoms with Gasteiger partial charge >= 0.3 is 0 Å². The molecule has 112 valence electrons. The molecule has 0 radical (unpaired) electrons. The van der Waals surface area contributed by atoms with Crippen molar-refractivity contribution in [1.29, 1.82) is 0 Å². The molecule has 0 aromatic heterocycles. The number of likely N-dealkylation sites (tertiary alicyclic amines) is 1. The lowest BCUT2D eigenvalue weighted by Gasteiger charge is -2.39. The van der Waals surface area contributed by atoms with E-state index in [0.717, 1.165) is 11.8 Å². The molecule has 1 aliphatic carbocycles. The topological polar surface area (TPSA) is 15.3 Å². The molecule has 2 heteroatoms. The van der Waals surface area contributed by atoms with Crippen LogP contribution in [0.4, 0.5) is 0 Å². The Morgan fingerprint density at radius 3 is 2.18 bits per heavy atom. The van der Waals surface area contributed by atoms with Gasteiger partial charge in [-0.2, -0.15) is 0 Å². The van der Waals surface area contributed by atoms with Gasteiger partial charge in [-0.05, 0) is 60.1 Å². The predicted molar refractivity (Wildman–Crippen MR) is 89.8 cm³/mol. The van der Waals surface area contributed by atoms with Crippen molar-refractivity contribution in [2.75, 3.05) is 26.2 Å². The van der Waals surface area contributed by atoms with Crippen molar-refractivity contribution in [3.8, 4) is 11.1 Å². The maximum Gasteiger partial charge on any atom is 0.0614 e. The number of fused-ring (bicyclic) bond motifs is 4. The monoisotopic (exact) mass is 290 g/mol. The van der Waals surface area contributed by atoms with Gasteiger partial charge in [0.25, 0.3) is 0 Å². The van der Waals surface area contributed by atoms with Crippen LogP contribution in [0.25, 0.3) is 11.1 Å². The van der Waals surface area contributed by atoms with Crippen LogP contribution in [0.2, 0.25) is 0 Å². The summed E-state index contributed by atoms with van der Waals surface area (Å²) in [5.41, 5.74) is 5.89. The van der Waals surface area contributed by atoms with Gasteiger partial charge < -0.3 is 5.32 Å². The van der Waals surface area contributed by atoms with Crippen LogP contribution in [0.5, 0.6) is 0 Å². The van der Waals surface area contributed by atoms with Crippen LogP contribution in [0.1, 0.15) is 23.6 Å². The second kappa shape index (κ2) is 4.94. The van der Waals surface area contributed by atoms with Gasteiger partial charge in [-0.25, -0.2) is 0 Å². The fourth-order valence-electron chi connectivity index (χ4n) is 4.82. The van der Waals surface area contributed by atoms with Crippen LogP contribution in [0, 0.1) is 11.8 Å². The number of hydrogen-bond donors (Lipinski definition) is 1. The highest BCUT2D eigenvalue weighted by atomic mass is 15.2. The molecular formula is C20H22N2. The van der Waals surface area contributed by atoms with Gasteiger partial charge in [0.15, 0.2) is 0 Å². The SMILES string of the molecule is c1ccc2c(c1)-c1ccccc1C2N1CCC2CNCC2C1. The molecule has 0 spiro atoms. The van der Waals surface area contributed by atoms with Crippen LogP contribution in [0.15, 0.2) is 48.5 Å². The Kier molecular flexibility index (Phi) is 2.89. The van der Waals surface area contributed by atoms with Crippen molar-refractivity contribution < 1.29 is 0 Å². The molecule has 2 aliphatic heterocycles. The normalized spacial score (nSPS) is 27.5. The highest BCUT2D eigenvalue weighted by Gasteiger charge is 2.39. The van der Waals surface area contributed by atoms with E-state index in [-0.39, 0.29) is 0 Å². The average Bonchev–Trinajstić information content (AvgIpc) is 3.16. The molecule has 2 aromatic rings. The molecule has 2 fully saturated rings. The average molecular weight is 290 g/mol. The summed E-state index contributed by atoms with van der Waals surface area (Å²) in [6.45, 7) is 4.91. The summed E-state index contributed by atoms with van der Waals surface area (Å²) >= 11 is 0.